The second kappa shape index (κ2) is 9.15. The molecule has 4 rings (SSSR count). The van der Waals surface area contributed by atoms with E-state index in [9.17, 15) is 19.7 Å². The highest BCUT2D eigenvalue weighted by Gasteiger charge is 2.49. The van der Waals surface area contributed by atoms with Gasteiger partial charge in [-0.25, -0.2) is 10.4 Å². The molecule has 0 amide bonds. The maximum Gasteiger partial charge on any atom is 0.224 e. The molecule has 0 spiro atoms. The van der Waals surface area contributed by atoms with Gasteiger partial charge in [0, 0.05) is 10.3 Å². The smallest absolute Gasteiger partial charge is 0.224 e. The first-order valence-electron chi connectivity index (χ1n) is 8.82. The van der Waals surface area contributed by atoms with Crippen molar-refractivity contribution in [2.75, 3.05) is 6.61 Å². The number of aromatic nitrogens is 1. The van der Waals surface area contributed by atoms with Gasteiger partial charge in [0.15, 0.2) is 0 Å². The van der Waals surface area contributed by atoms with Crippen LogP contribution in [-0.4, -0.2) is 61.7 Å². The van der Waals surface area contributed by atoms with Crippen molar-refractivity contribution in [2.45, 2.75) is 34.7 Å². The fourth-order valence-electron chi connectivity index (χ4n) is 3.24. The molecule has 8 nitrogen and oxygen atoms in total. The summed E-state index contributed by atoms with van der Waals surface area (Å²) in [7, 11) is 0. The summed E-state index contributed by atoms with van der Waals surface area (Å²) in [6, 6.07) is 4.20. The maximum absolute atomic E-state index is 13.2. The summed E-state index contributed by atoms with van der Waals surface area (Å²) in [4.78, 5) is 4.49. The molecule has 1 aromatic heterocycles. The van der Waals surface area contributed by atoms with Gasteiger partial charge in [0.25, 0.3) is 0 Å². The van der Waals surface area contributed by atoms with Crippen LogP contribution in [0.2, 0.25) is 10.0 Å². The van der Waals surface area contributed by atoms with E-state index >= 15 is 0 Å². The predicted octanol–water partition coefficient (Wildman–Crippen LogP) is 0.786. The Kier molecular flexibility index (Phi) is 6.73. The van der Waals surface area contributed by atoms with Crippen molar-refractivity contribution >= 4 is 52.0 Å². The van der Waals surface area contributed by atoms with Gasteiger partial charge in [0.1, 0.15) is 40.5 Å². The molecule has 5 unspecified atom stereocenters. The second-order valence-electron chi connectivity index (χ2n) is 6.63. The number of ether oxygens (including phenoxy) is 1. The van der Waals surface area contributed by atoms with Gasteiger partial charge in [0.05, 0.1) is 22.9 Å². The summed E-state index contributed by atoms with van der Waals surface area (Å²) in [5.41, 5.74) is 4.25. The molecule has 3 heterocycles. The van der Waals surface area contributed by atoms with Crippen molar-refractivity contribution in [3.63, 3.8) is 0 Å². The number of nitrogens with zero attached hydrogens (tertiary/aromatic N) is 2. The van der Waals surface area contributed by atoms with E-state index in [0.717, 1.165) is 11.3 Å². The molecule has 1 fully saturated rings. The molecular weight excluding hydrogens is 478 g/mol. The van der Waals surface area contributed by atoms with Gasteiger partial charge >= 0.3 is 0 Å². The quantitative estimate of drug-likeness (QED) is 0.386. The van der Waals surface area contributed by atoms with Crippen molar-refractivity contribution in [1.29, 1.82) is 0 Å². The summed E-state index contributed by atoms with van der Waals surface area (Å²) in [6.07, 6.45) is -1.61. The van der Waals surface area contributed by atoms with Crippen molar-refractivity contribution in [2.24, 2.45) is 0 Å². The van der Waals surface area contributed by atoms with E-state index in [1.807, 2.05) is 0 Å². The lowest BCUT2D eigenvalue weighted by Crippen LogP contribution is -2.99. The molecule has 162 valence electrons. The number of benzene rings is 1. The minimum absolute atomic E-state index is 0.364. The molecule has 13 heteroatoms. The number of thioether (sulfide) groups is 1. The van der Waals surface area contributed by atoms with Gasteiger partial charge in [-0.3, -0.25) is 0 Å². The van der Waals surface area contributed by atoms with E-state index < -0.39 is 42.3 Å². The summed E-state index contributed by atoms with van der Waals surface area (Å²) < 4.78 is 19.0. The summed E-state index contributed by atoms with van der Waals surface area (Å²) in [6.45, 7) is -0.432. The average Bonchev–Trinajstić information content (AvgIpc) is 3.36. The molecule has 1 aromatic carbocycles. The second-order valence-corrected chi connectivity index (χ2v) is 9.47. The number of nitrogens with two attached hydrogens (primary N) is 1. The van der Waals surface area contributed by atoms with Crippen molar-refractivity contribution in [3.8, 4) is 0 Å². The Bertz CT molecular complexity index is 952. The minimum atomic E-state index is -1.18. The van der Waals surface area contributed by atoms with Gasteiger partial charge in [0.2, 0.25) is 5.95 Å². The van der Waals surface area contributed by atoms with Gasteiger partial charge in [-0.15, -0.1) is 16.9 Å². The first-order chi connectivity index (χ1) is 14.4. The lowest BCUT2D eigenvalue weighted by Gasteiger charge is -2.43. The van der Waals surface area contributed by atoms with Crippen LogP contribution in [-0.2, 0) is 4.74 Å². The Balaban J connectivity index is 1.56. The Morgan fingerprint density at radius 2 is 2.10 bits per heavy atom. The first kappa shape index (κ1) is 22.1. The van der Waals surface area contributed by atoms with Crippen LogP contribution < -0.4 is 11.0 Å². The number of thiazole rings is 1. The highest BCUT2D eigenvalue weighted by Crippen LogP contribution is 2.37. The largest absolute Gasteiger partial charge is 0.394 e. The molecule has 0 saturated carbocycles. The lowest BCUT2D eigenvalue weighted by molar-refractivity contribution is -0.829. The third-order valence-corrected chi connectivity index (χ3v) is 7.42. The molecule has 30 heavy (non-hydrogen) atoms. The Morgan fingerprint density at radius 1 is 1.30 bits per heavy atom. The van der Waals surface area contributed by atoms with E-state index in [1.165, 1.54) is 17.1 Å². The molecule has 5 atom stereocenters. The van der Waals surface area contributed by atoms with Crippen LogP contribution in [0, 0.1) is 5.95 Å². The molecule has 6 N–H and O–H groups in total. The zero-order valence-electron chi connectivity index (χ0n) is 15.2. The number of aliphatic hydroxyl groups excluding tert-OH is 3. The Hall–Kier alpha value is -1.15. The number of hydrogen-bond donors (Lipinski definition) is 5. The molecule has 0 radical (unpaired) electrons. The third-order valence-electron chi connectivity index (χ3n) is 4.69. The van der Waals surface area contributed by atoms with Gasteiger partial charge in [-0.05, 0) is 18.2 Å². The van der Waals surface area contributed by atoms with E-state index in [1.54, 1.807) is 34.9 Å². The van der Waals surface area contributed by atoms with Crippen molar-refractivity contribution in [1.82, 2.24) is 15.4 Å². The van der Waals surface area contributed by atoms with Crippen molar-refractivity contribution < 1.29 is 30.0 Å². The standard InChI is InChI=1S/C17H17Cl2FN4O4S2/c18-8-2-1-7(3-9(8)19)30-17-15(27)13(14(26)11(5-25)28-17)24-4-10(22-23-24)16-21-12(20)6-29-16/h1-4,6,11,13-15,17,22-23,25-27H,5H2/p+1. The highest BCUT2D eigenvalue weighted by molar-refractivity contribution is 7.99. The van der Waals surface area contributed by atoms with Crippen LogP contribution in [0.25, 0.3) is 5.70 Å². The van der Waals surface area contributed by atoms with E-state index in [4.69, 9.17) is 27.9 Å². The van der Waals surface area contributed by atoms with Crippen LogP contribution in [0.5, 0.6) is 0 Å². The van der Waals surface area contributed by atoms with Gasteiger partial charge in [-0.2, -0.15) is 9.40 Å². The van der Waals surface area contributed by atoms with E-state index in [0.29, 0.717) is 25.6 Å². The molecule has 2 aromatic rings. The van der Waals surface area contributed by atoms with Crippen LogP contribution in [0.15, 0.2) is 34.7 Å². The molecule has 2 aliphatic heterocycles. The van der Waals surface area contributed by atoms with E-state index in [-0.39, 0.29) is 0 Å². The highest BCUT2D eigenvalue weighted by atomic mass is 35.5. The zero-order valence-corrected chi connectivity index (χ0v) is 18.3. The molecular formula is C17H18Cl2FN4O4S2+. The fourth-order valence-corrected chi connectivity index (χ4v) is 5.34. The number of quaternary nitrogens is 1. The maximum atomic E-state index is 13.2. The monoisotopic (exact) mass is 495 g/mol. The zero-order chi connectivity index (χ0) is 21.4. The first-order valence-corrected chi connectivity index (χ1v) is 11.3. The summed E-state index contributed by atoms with van der Waals surface area (Å²) in [5, 5.41) is 35.4. The van der Waals surface area contributed by atoms with Gasteiger partial charge < -0.3 is 20.1 Å². The normalized spacial score (nSPS) is 29.1. The Labute approximate surface area is 189 Å². The van der Waals surface area contributed by atoms with Gasteiger partial charge in [-0.1, -0.05) is 35.0 Å². The topological polar surface area (TPSA) is 115 Å². The lowest BCUT2D eigenvalue weighted by atomic mass is 9.97. The van der Waals surface area contributed by atoms with E-state index in [2.05, 4.69) is 10.4 Å². The molecule has 0 aliphatic carbocycles. The van der Waals surface area contributed by atoms with Crippen LogP contribution in [0.3, 0.4) is 0 Å². The van der Waals surface area contributed by atoms with Crippen LogP contribution in [0.1, 0.15) is 5.01 Å². The van der Waals surface area contributed by atoms with Crippen molar-refractivity contribution in [3.05, 3.63) is 50.8 Å². The number of nitrogens with one attached hydrogen (secondary N) is 1. The predicted molar refractivity (Wildman–Crippen MR) is 111 cm³/mol. The number of halogens is 3. The Morgan fingerprint density at radius 3 is 2.77 bits per heavy atom. The molecule has 0 bridgehead atoms. The average molecular weight is 496 g/mol. The SMILES string of the molecule is OCC1OC(Sc2ccc(Cl)c(Cl)c2)C(O)C(N2C=C(c3nc(F)cs3)N[NH2+]2)C1O. The fraction of sp³-hybridized carbons (Fsp3) is 0.353. The molecule has 2 aliphatic rings. The van der Waals surface area contributed by atoms with Crippen LogP contribution >= 0.6 is 46.3 Å². The number of rotatable bonds is 5. The third kappa shape index (κ3) is 4.40. The van der Waals surface area contributed by atoms with Crippen LogP contribution in [0.4, 0.5) is 4.39 Å². The molecule has 1 saturated heterocycles. The number of aliphatic hydroxyl groups is 3. The summed E-state index contributed by atoms with van der Waals surface area (Å²) >= 11 is 14.3. The summed E-state index contributed by atoms with van der Waals surface area (Å²) in [5.74, 6) is -0.583. The number of hydrogen-bond acceptors (Lipinski definition) is 9. The minimum Gasteiger partial charge on any atom is -0.394 e.